The van der Waals surface area contributed by atoms with E-state index in [0.29, 0.717) is 16.2 Å². The SMILES string of the molecule is C[C@H](O)c1ccc(SCc2ccco2)c(F)c1. The summed E-state index contributed by atoms with van der Waals surface area (Å²) in [5, 5.41) is 9.33. The van der Waals surface area contributed by atoms with Crippen molar-refractivity contribution in [2.24, 2.45) is 0 Å². The number of hydrogen-bond acceptors (Lipinski definition) is 3. The van der Waals surface area contributed by atoms with Crippen LogP contribution in [0.1, 0.15) is 24.4 Å². The summed E-state index contributed by atoms with van der Waals surface area (Å²) < 4.78 is 18.9. The maximum absolute atomic E-state index is 13.7. The fraction of sp³-hybridized carbons (Fsp3) is 0.231. The van der Waals surface area contributed by atoms with Crippen molar-refractivity contribution in [1.29, 1.82) is 0 Å². The molecule has 90 valence electrons. The van der Waals surface area contributed by atoms with Gasteiger partial charge < -0.3 is 9.52 Å². The molecule has 0 bridgehead atoms. The van der Waals surface area contributed by atoms with Crippen LogP contribution < -0.4 is 0 Å². The fourth-order valence-electron chi connectivity index (χ4n) is 1.44. The predicted molar refractivity (Wildman–Crippen MR) is 65.3 cm³/mol. The van der Waals surface area contributed by atoms with Crippen LogP contribution in [-0.2, 0) is 5.75 Å². The zero-order valence-electron chi connectivity index (χ0n) is 9.39. The second-order valence-electron chi connectivity index (χ2n) is 3.73. The minimum Gasteiger partial charge on any atom is -0.468 e. The Balaban J connectivity index is 2.06. The van der Waals surface area contributed by atoms with Gasteiger partial charge in [-0.15, -0.1) is 11.8 Å². The van der Waals surface area contributed by atoms with Gasteiger partial charge in [-0.3, -0.25) is 0 Å². The number of aliphatic hydroxyl groups excluding tert-OH is 1. The van der Waals surface area contributed by atoms with E-state index in [1.807, 2.05) is 12.1 Å². The van der Waals surface area contributed by atoms with E-state index >= 15 is 0 Å². The number of hydrogen-bond donors (Lipinski definition) is 1. The lowest BCUT2D eigenvalue weighted by Gasteiger charge is -2.07. The lowest BCUT2D eigenvalue weighted by molar-refractivity contribution is 0.198. The molecule has 0 fully saturated rings. The van der Waals surface area contributed by atoms with Crippen molar-refractivity contribution in [2.75, 3.05) is 0 Å². The second kappa shape index (κ2) is 5.38. The number of furan rings is 1. The molecule has 1 heterocycles. The Labute approximate surface area is 103 Å². The Hall–Kier alpha value is -1.26. The third kappa shape index (κ3) is 3.11. The molecule has 0 aliphatic rings. The minimum atomic E-state index is -0.645. The Morgan fingerprint density at radius 1 is 1.41 bits per heavy atom. The molecule has 2 nitrogen and oxygen atoms in total. The molecule has 1 N–H and O–H groups in total. The molecule has 0 saturated heterocycles. The van der Waals surface area contributed by atoms with Crippen molar-refractivity contribution < 1.29 is 13.9 Å². The van der Waals surface area contributed by atoms with Gasteiger partial charge in [0.05, 0.1) is 18.1 Å². The van der Waals surface area contributed by atoms with Crippen molar-refractivity contribution in [3.63, 3.8) is 0 Å². The smallest absolute Gasteiger partial charge is 0.137 e. The zero-order valence-corrected chi connectivity index (χ0v) is 10.2. The summed E-state index contributed by atoms with van der Waals surface area (Å²) >= 11 is 1.37. The van der Waals surface area contributed by atoms with Crippen LogP contribution in [0.5, 0.6) is 0 Å². The maximum atomic E-state index is 13.7. The summed E-state index contributed by atoms with van der Waals surface area (Å²) in [4.78, 5) is 0.561. The van der Waals surface area contributed by atoms with Gasteiger partial charge >= 0.3 is 0 Å². The minimum absolute atomic E-state index is 0.306. The highest BCUT2D eigenvalue weighted by atomic mass is 32.2. The van der Waals surface area contributed by atoms with Crippen molar-refractivity contribution in [3.05, 3.63) is 53.7 Å². The first-order valence-electron chi connectivity index (χ1n) is 5.29. The molecule has 4 heteroatoms. The van der Waals surface area contributed by atoms with E-state index in [1.54, 1.807) is 25.3 Å². The number of halogens is 1. The lowest BCUT2D eigenvalue weighted by Crippen LogP contribution is -1.93. The highest BCUT2D eigenvalue weighted by Gasteiger charge is 2.08. The Morgan fingerprint density at radius 3 is 2.82 bits per heavy atom. The molecule has 2 rings (SSSR count). The molecule has 1 aromatic heterocycles. The molecule has 0 radical (unpaired) electrons. The average Bonchev–Trinajstić information content (AvgIpc) is 2.80. The van der Waals surface area contributed by atoms with Crippen LogP contribution in [-0.4, -0.2) is 5.11 Å². The zero-order chi connectivity index (χ0) is 12.3. The summed E-state index contributed by atoms with van der Waals surface area (Å²) in [6.45, 7) is 1.62. The van der Waals surface area contributed by atoms with E-state index in [4.69, 9.17) is 4.42 Å². The van der Waals surface area contributed by atoms with Gasteiger partial charge in [0.25, 0.3) is 0 Å². The molecule has 0 saturated carbocycles. The number of rotatable bonds is 4. The topological polar surface area (TPSA) is 33.4 Å². The molecule has 1 aromatic carbocycles. The first kappa shape index (κ1) is 12.2. The second-order valence-corrected chi connectivity index (χ2v) is 4.75. The van der Waals surface area contributed by atoms with Crippen LogP contribution >= 0.6 is 11.8 Å². The van der Waals surface area contributed by atoms with Gasteiger partial charge in [0, 0.05) is 4.90 Å². The Morgan fingerprint density at radius 2 is 2.24 bits per heavy atom. The van der Waals surface area contributed by atoms with Crippen molar-refractivity contribution >= 4 is 11.8 Å². The normalized spacial score (nSPS) is 12.6. The number of thioether (sulfide) groups is 1. The monoisotopic (exact) mass is 252 g/mol. The van der Waals surface area contributed by atoms with Crippen LogP contribution in [0.2, 0.25) is 0 Å². The van der Waals surface area contributed by atoms with Crippen molar-refractivity contribution in [3.8, 4) is 0 Å². The van der Waals surface area contributed by atoms with Crippen molar-refractivity contribution in [2.45, 2.75) is 23.7 Å². The largest absolute Gasteiger partial charge is 0.468 e. The molecule has 0 amide bonds. The van der Waals surface area contributed by atoms with E-state index < -0.39 is 6.10 Å². The summed E-state index contributed by atoms with van der Waals surface area (Å²) in [6.07, 6.45) is 0.955. The summed E-state index contributed by atoms with van der Waals surface area (Å²) in [5.41, 5.74) is 0.588. The van der Waals surface area contributed by atoms with Gasteiger partial charge in [0.15, 0.2) is 0 Å². The summed E-state index contributed by atoms with van der Waals surface area (Å²) in [6, 6.07) is 8.45. The molecular formula is C13H13FO2S. The highest BCUT2D eigenvalue weighted by molar-refractivity contribution is 7.98. The summed E-state index contributed by atoms with van der Waals surface area (Å²) in [5.74, 6) is 1.10. The number of aliphatic hydroxyl groups is 1. The van der Waals surface area contributed by atoms with E-state index in [-0.39, 0.29) is 5.82 Å². The van der Waals surface area contributed by atoms with Gasteiger partial charge in [-0.05, 0) is 36.8 Å². The molecule has 0 aliphatic heterocycles. The third-order valence-electron chi connectivity index (χ3n) is 2.39. The Kier molecular flexibility index (Phi) is 3.86. The van der Waals surface area contributed by atoms with Gasteiger partial charge in [-0.2, -0.15) is 0 Å². The standard InChI is InChI=1S/C13H13FO2S/c1-9(15)10-4-5-13(12(14)7-10)17-8-11-3-2-6-16-11/h2-7,9,15H,8H2,1H3/t9-/m0/s1. The van der Waals surface area contributed by atoms with E-state index in [2.05, 4.69) is 0 Å². The van der Waals surface area contributed by atoms with Gasteiger partial charge in [0.2, 0.25) is 0 Å². The van der Waals surface area contributed by atoms with Crippen molar-refractivity contribution in [1.82, 2.24) is 0 Å². The van der Waals surface area contributed by atoms with Gasteiger partial charge in [-0.25, -0.2) is 4.39 Å². The Bertz CT molecular complexity index is 480. The van der Waals surface area contributed by atoms with E-state index in [0.717, 1.165) is 5.76 Å². The molecule has 0 aliphatic carbocycles. The van der Waals surface area contributed by atoms with Crippen LogP contribution in [0.3, 0.4) is 0 Å². The van der Waals surface area contributed by atoms with E-state index in [1.165, 1.54) is 17.8 Å². The van der Waals surface area contributed by atoms with Crippen LogP contribution in [0, 0.1) is 5.82 Å². The van der Waals surface area contributed by atoms with Crippen LogP contribution in [0.25, 0.3) is 0 Å². The quantitative estimate of drug-likeness (QED) is 0.841. The molecule has 1 atom stereocenters. The number of benzene rings is 1. The molecule has 17 heavy (non-hydrogen) atoms. The first-order chi connectivity index (χ1) is 8.16. The van der Waals surface area contributed by atoms with Gasteiger partial charge in [-0.1, -0.05) is 6.07 Å². The van der Waals surface area contributed by atoms with Gasteiger partial charge in [0.1, 0.15) is 11.6 Å². The molecule has 2 aromatic rings. The fourth-order valence-corrected chi connectivity index (χ4v) is 2.26. The van der Waals surface area contributed by atoms with E-state index in [9.17, 15) is 9.50 Å². The third-order valence-corrected chi connectivity index (χ3v) is 3.46. The first-order valence-corrected chi connectivity index (χ1v) is 6.28. The predicted octanol–water partition coefficient (Wildman–Crippen LogP) is 3.76. The van der Waals surface area contributed by atoms with Crippen LogP contribution in [0.4, 0.5) is 4.39 Å². The highest BCUT2D eigenvalue weighted by Crippen LogP contribution is 2.27. The average molecular weight is 252 g/mol. The molecular weight excluding hydrogens is 239 g/mol. The molecule has 0 spiro atoms. The van der Waals surface area contributed by atoms with Crippen LogP contribution in [0.15, 0.2) is 45.9 Å². The lowest BCUT2D eigenvalue weighted by atomic mass is 10.1. The summed E-state index contributed by atoms with van der Waals surface area (Å²) in [7, 11) is 0. The molecule has 0 unspecified atom stereocenters. The maximum Gasteiger partial charge on any atom is 0.137 e.